The van der Waals surface area contributed by atoms with Gasteiger partial charge in [-0.2, -0.15) is 0 Å². The number of halogens is 1. The highest BCUT2D eigenvalue weighted by Crippen LogP contribution is 2.16. The van der Waals surface area contributed by atoms with Gasteiger partial charge in [-0.25, -0.2) is 0 Å². The van der Waals surface area contributed by atoms with Gasteiger partial charge in [-0.1, -0.05) is 41.9 Å². The maximum Gasteiger partial charge on any atom is 0.227 e. The van der Waals surface area contributed by atoms with E-state index < -0.39 is 0 Å². The number of nitrogens with two attached hydrogens (primary N) is 1. The third-order valence-electron chi connectivity index (χ3n) is 3.06. The van der Waals surface area contributed by atoms with Gasteiger partial charge < -0.3 is 10.6 Å². The van der Waals surface area contributed by atoms with Crippen molar-refractivity contribution in [1.29, 1.82) is 0 Å². The summed E-state index contributed by atoms with van der Waals surface area (Å²) < 4.78 is 1.03. The molecule has 2 N–H and O–H groups in total. The second-order valence-electron chi connectivity index (χ2n) is 4.91. The van der Waals surface area contributed by atoms with Crippen molar-refractivity contribution in [1.82, 2.24) is 4.90 Å². The van der Waals surface area contributed by atoms with Crippen molar-refractivity contribution in [3.05, 3.63) is 34.3 Å². The molecule has 1 aromatic carbocycles. The van der Waals surface area contributed by atoms with E-state index in [1.807, 2.05) is 45.2 Å². The molecule has 100 valence electrons. The summed E-state index contributed by atoms with van der Waals surface area (Å²) in [5.41, 5.74) is 6.79. The predicted octanol–water partition coefficient (Wildman–Crippen LogP) is 2.64. The summed E-state index contributed by atoms with van der Waals surface area (Å²) in [6.45, 7) is 5.07. The van der Waals surface area contributed by atoms with Crippen LogP contribution in [0, 0.1) is 11.8 Å². The molecular weight excluding hydrogens is 292 g/mol. The van der Waals surface area contributed by atoms with E-state index in [-0.39, 0.29) is 17.7 Å². The lowest BCUT2D eigenvalue weighted by atomic mass is 9.94. The van der Waals surface area contributed by atoms with Crippen LogP contribution in [-0.4, -0.2) is 24.4 Å². The van der Waals surface area contributed by atoms with E-state index in [9.17, 15) is 4.79 Å². The minimum atomic E-state index is -0.0952. The smallest absolute Gasteiger partial charge is 0.227 e. The van der Waals surface area contributed by atoms with Gasteiger partial charge >= 0.3 is 0 Å². The van der Waals surface area contributed by atoms with Crippen LogP contribution in [0.3, 0.4) is 0 Å². The fourth-order valence-electron chi connectivity index (χ4n) is 1.93. The number of hydrogen-bond donors (Lipinski definition) is 1. The molecule has 0 bridgehead atoms. The number of nitrogens with zero attached hydrogens (tertiary/aromatic N) is 1. The van der Waals surface area contributed by atoms with Crippen molar-refractivity contribution in [2.24, 2.45) is 17.6 Å². The first-order valence-corrected chi connectivity index (χ1v) is 6.94. The Hall–Kier alpha value is -0.870. The Bertz CT molecular complexity index is 407. The second kappa shape index (κ2) is 6.90. The number of amides is 1. The van der Waals surface area contributed by atoms with Gasteiger partial charge in [0.2, 0.25) is 5.91 Å². The molecule has 0 fully saturated rings. The summed E-state index contributed by atoms with van der Waals surface area (Å²) in [7, 11) is 1.83. The van der Waals surface area contributed by atoms with Gasteiger partial charge in [0.1, 0.15) is 0 Å². The van der Waals surface area contributed by atoms with Crippen LogP contribution in [-0.2, 0) is 11.3 Å². The standard InChI is InChI=1S/C14H21BrN2O/c1-10(2)13(8-16)14(18)17(3)9-11-5-4-6-12(15)7-11/h4-7,10,13H,8-9,16H2,1-3H3. The van der Waals surface area contributed by atoms with Crippen LogP contribution < -0.4 is 5.73 Å². The molecule has 0 aromatic heterocycles. The Balaban J connectivity index is 2.70. The summed E-state index contributed by atoms with van der Waals surface area (Å²) in [5.74, 6) is 0.294. The highest BCUT2D eigenvalue weighted by Gasteiger charge is 2.23. The van der Waals surface area contributed by atoms with Crippen molar-refractivity contribution in [3.63, 3.8) is 0 Å². The lowest BCUT2D eigenvalue weighted by molar-refractivity contribution is -0.135. The number of benzene rings is 1. The lowest BCUT2D eigenvalue weighted by Crippen LogP contribution is -2.38. The monoisotopic (exact) mass is 312 g/mol. The molecular formula is C14H21BrN2O. The average Bonchev–Trinajstić information content (AvgIpc) is 2.29. The molecule has 1 atom stereocenters. The number of rotatable bonds is 5. The number of carbonyl (C=O) groups is 1. The molecule has 0 saturated carbocycles. The van der Waals surface area contributed by atoms with Crippen molar-refractivity contribution >= 4 is 21.8 Å². The Morgan fingerprint density at radius 1 is 1.44 bits per heavy atom. The lowest BCUT2D eigenvalue weighted by Gasteiger charge is -2.25. The number of carbonyl (C=O) groups excluding carboxylic acids is 1. The fraction of sp³-hybridized carbons (Fsp3) is 0.500. The minimum Gasteiger partial charge on any atom is -0.341 e. The molecule has 0 spiro atoms. The summed E-state index contributed by atoms with van der Waals surface area (Å²) in [6, 6.07) is 7.99. The molecule has 0 heterocycles. The van der Waals surface area contributed by atoms with Crippen molar-refractivity contribution in [3.8, 4) is 0 Å². The first-order valence-electron chi connectivity index (χ1n) is 6.15. The van der Waals surface area contributed by atoms with E-state index in [4.69, 9.17) is 5.73 Å². The SMILES string of the molecule is CC(C)C(CN)C(=O)N(C)Cc1cccc(Br)c1. The molecule has 1 unspecified atom stereocenters. The Morgan fingerprint density at radius 2 is 2.11 bits per heavy atom. The van der Waals surface area contributed by atoms with Crippen LogP contribution in [0.25, 0.3) is 0 Å². The van der Waals surface area contributed by atoms with E-state index in [1.54, 1.807) is 4.90 Å². The Kier molecular flexibility index (Phi) is 5.82. The molecule has 18 heavy (non-hydrogen) atoms. The summed E-state index contributed by atoms with van der Waals surface area (Å²) in [6.07, 6.45) is 0. The van der Waals surface area contributed by atoms with Gasteiger partial charge in [-0.05, 0) is 23.6 Å². The Morgan fingerprint density at radius 3 is 2.61 bits per heavy atom. The first-order chi connectivity index (χ1) is 8.45. The van der Waals surface area contributed by atoms with E-state index in [2.05, 4.69) is 15.9 Å². The highest BCUT2D eigenvalue weighted by molar-refractivity contribution is 9.10. The third kappa shape index (κ3) is 4.10. The quantitative estimate of drug-likeness (QED) is 0.908. The zero-order valence-electron chi connectivity index (χ0n) is 11.2. The zero-order valence-corrected chi connectivity index (χ0v) is 12.8. The second-order valence-corrected chi connectivity index (χ2v) is 5.83. The topological polar surface area (TPSA) is 46.3 Å². The molecule has 0 saturated heterocycles. The maximum absolute atomic E-state index is 12.2. The minimum absolute atomic E-state index is 0.0952. The first kappa shape index (κ1) is 15.2. The van der Waals surface area contributed by atoms with Crippen LogP contribution in [0.5, 0.6) is 0 Å². The Labute approximate surface area is 117 Å². The molecule has 3 nitrogen and oxygen atoms in total. The summed E-state index contributed by atoms with van der Waals surface area (Å²) >= 11 is 3.43. The molecule has 0 aliphatic carbocycles. The van der Waals surface area contributed by atoms with Crippen molar-refractivity contribution in [2.75, 3.05) is 13.6 Å². The summed E-state index contributed by atoms with van der Waals surface area (Å²) in [5, 5.41) is 0. The summed E-state index contributed by atoms with van der Waals surface area (Å²) in [4.78, 5) is 14.0. The van der Waals surface area contributed by atoms with E-state index >= 15 is 0 Å². The van der Waals surface area contributed by atoms with E-state index in [0.29, 0.717) is 13.1 Å². The molecule has 0 aliphatic heterocycles. The van der Waals surface area contributed by atoms with Crippen LogP contribution >= 0.6 is 15.9 Å². The van der Waals surface area contributed by atoms with Gasteiger partial charge in [0.15, 0.2) is 0 Å². The molecule has 0 aliphatic rings. The molecule has 0 radical (unpaired) electrons. The highest BCUT2D eigenvalue weighted by atomic mass is 79.9. The van der Waals surface area contributed by atoms with Crippen LogP contribution in [0.15, 0.2) is 28.7 Å². The molecule has 1 aromatic rings. The molecule has 1 rings (SSSR count). The third-order valence-corrected chi connectivity index (χ3v) is 3.55. The van der Waals surface area contributed by atoms with Crippen LogP contribution in [0.2, 0.25) is 0 Å². The van der Waals surface area contributed by atoms with Crippen molar-refractivity contribution < 1.29 is 4.79 Å². The van der Waals surface area contributed by atoms with Gasteiger partial charge in [0.05, 0.1) is 5.92 Å². The van der Waals surface area contributed by atoms with Gasteiger partial charge in [-0.15, -0.1) is 0 Å². The van der Waals surface area contributed by atoms with Crippen LogP contribution in [0.1, 0.15) is 19.4 Å². The maximum atomic E-state index is 12.2. The predicted molar refractivity (Wildman–Crippen MR) is 78.0 cm³/mol. The largest absolute Gasteiger partial charge is 0.341 e. The van der Waals surface area contributed by atoms with Gasteiger partial charge in [0, 0.05) is 24.6 Å². The number of hydrogen-bond acceptors (Lipinski definition) is 2. The molecule has 1 amide bonds. The molecule has 4 heteroatoms. The normalized spacial score (nSPS) is 12.6. The van der Waals surface area contributed by atoms with E-state index in [1.165, 1.54) is 0 Å². The van der Waals surface area contributed by atoms with E-state index in [0.717, 1.165) is 10.0 Å². The zero-order chi connectivity index (χ0) is 13.7. The average molecular weight is 313 g/mol. The van der Waals surface area contributed by atoms with Crippen LogP contribution in [0.4, 0.5) is 0 Å². The fourth-order valence-corrected chi connectivity index (χ4v) is 2.37. The van der Waals surface area contributed by atoms with Gasteiger partial charge in [-0.3, -0.25) is 4.79 Å². The van der Waals surface area contributed by atoms with Gasteiger partial charge in [0.25, 0.3) is 0 Å². The van der Waals surface area contributed by atoms with Crippen molar-refractivity contribution in [2.45, 2.75) is 20.4 Å².